The Morgan fingerprint density at radius 1 is 1.25 bits per heavy atom. The third kappa shape index (κ3) is 4.85. The molecule has 0 spiro atoms. The van der Waals surface area contributed by atoms with Gasteiger partial charge in [0.25, 0.3) is 0 Å². The molecule has 2 aromatic rings. The van der Waals surface area contributed by atoms with E-state index in [1.807, 2.05) is 31.3 Å². The van der Waals surface area contributed by atoms with Gasteiger partial charge in [-0.15, -0.1) is 5.10 Å². The van der Waals surface area contributed by atoms with E-state index in [0.29, 0.717) is 11.5 Å². The number of aromatic nitrogens is 3. The van der Waals surface area contributed by atoms with Crippen LogP contribution in [-0.2, 0) is 0 Å². The smallest absolute Gasteiger partial charge is 0.149 e. The maximum absolute atomic E-state index is 6.17. The number of allylic oxidation sites excluding steroid dienone is 3. The summed E-state index contributed by atoms with van der Waals surface area (Å²) in [5, 5.41) is 11.0. The van der Waals surface area contributed by atoms with Crippen LogP contribution in [0.5, 0.6) is 0 Å². The Balaban J connectivity index is 2.31. The van der Waals surface area contributed by atoms with Crippen molar-refractivity contribution in [2.75, 3.05) is 25.5 Å². The van der Waals surface area contributed by atoms with E-state index in [4.69, 9.17) is 11.5 Å². The van der Waals surface area contributed by atoms with Crippen LogP contribution in [0.25, 0.3) is 17.2 Å². The number of nitrogens with one attached hydrogen (secondary N) is 2. The van der Waals surface area contributed by atoms with Gasteiger partial charge in [-0.2, -0.15) is 0 Å². The molecule has 128 valence electrons. The molecule has 2 heterocycles. The molecule has 0 atom stereocenters. The zero-order valence-corrected chi connectivity index (χ0v) is 14.2. The molecule has 0 aliphatic heterocycles. The number of pyridine rings is 1. The van der Waals surface area contributed by atoms with E-state index in [-0.39, 0.29) is 0 Å². The van der Waals surface area contributed by atoms with Crippen LogP contribution in [0.15, 0.2) is 48.3 Å². The lowest BCUT2D eigenvalue weighted by molar-refractivity contribution is 0.745. The minimum absolute atomic E-state index is 0.476. The zero-order valence-electron chi connectivity index (χ0n) is 14.2. The van der Waals surface area contributed by atoms with Crippen molar-refractivity contribution in [3.63, 3.8) is 0 Å². The maximum atomic E-state index is 6.17. The molecule has 0 aliphatic carbocycles. The van der Waals surface area contributed by atoms with Crippen molar-refractivity contribution in [2.45, 2.75) is 13.3 Å². The van der Waals surface area contributed by atoms with E-state index >= 15 is 0 Å². The van der Waals surface area contributed by atoms with Crippen LogP contribution in [0.3, 0.4) is 0 Å². The fourth-order valence-electron chi connectivity index (χ4n) is 2.13. The van der Waals surface area contributed by atoms with Crippen LogP contribution in [0.2, 0.25) is 0 Å². The highest BCUT2D eigenvalue weighted by atomic mass is 15.4. The van der Waals surface area contributed by atoms with Crippen LogP contribution in [0.4, 0.5) is 5.82 Å². The van der Waals surface area contributed by atoms with Gasteiger partial charge in [-0.05, 0) is 51.2 Å². The lowest BCUT2D eigenvalue weighted by Crippen LogP contribution is -2.13. The number of anilines is 1. The summed E-state index contributed by atoms with van der Waals surface area (Å²) >= 11 is 0. The van der Waals surface area contributed by atoms with Crippen LogP contribution >= 0.6 is 0 Å². The van der Waals surface area contributed by atoms with Gasteiger partial charge >= 0.3 is 0 Å². The van der Waals surface area contributed by atoms with Crippen LogP contribution in [-0.4, -0.2) is 34.9 Å². The van der Waals surface area contributed by atoms with Gasteiger partial charge in [0.15, 0.2) is 0 Å². The van der Waals surface area contributed by atoms with Crippen molar-refractivity contribution in [1.82, 2.24) is 20.1 Å². The summed E-state index contributed by atoms with van der Waals surface area (Å²) < 4.78 is 1.67. The van der Waals surface area contributed by atoms with Gasteiger partial charge in [0.05, 0.1) is 11.4 Å². The summed E-state index contributed by atoms with van der Waals surface area (Å²) in [6, 6.07) is 7.68. The molecule has 0 unspecified atom stereocenters. The second-order valence-corrected chi connectivity index (χ2v) is 5.43. The SMILES string of the molecule is CNCCCNc1cc(-c2ccccn2)n(/C(N)=C/C=C(/C)N)n1. The van der Waals surface area contributed by atoms with Crippen LogP contribution in [0, 0.1) is 0 Å². The third-order valence-electron chi connectivity index (χ3n) is 3.31. The first kappa shape index (κ1) is 17.6. The van der Waals surface area contributed by atoms with E-state index in [9.17, 15) is 0 Å². The average Bonchev–Trinajstić information content (AvgIpc) is 3.01. The largest absolute Gasteiger partial charge is 0.402 e. The highest BCUT2D eigenvalue weighted by molar-refractivity contribution is 5.65. The fourth-order valence-corrected chi connectivity index (χ4v) is 2.13. The topological polar surface area (TPSA) is 107 Å². The summed E-state index contributed by atoms with van der Waals surface area (Å²) in [4.78, 5) is 4.39. The van der Waals surface area contributed by atoms with Crippen molar-refractivity contribution in [2.24, 2.45) is 11.5 Å². The summed E-state index contributed by atoms with van der Waals surface area (Å²) in [7, 11) is 1.94. The minimum atomic E-state index is 0.476. The van der Waals surface area contributed by atoms with Gasteiger partial charge in [0, 0.05) is 24.5 Å². The van der Waals surface area contributed by atoms with Crippen molar-refractivity contribution < 1.29 is 0 Å². The molecule has 24 heavy (non-hydrogen) atoms. The average molecular weight is 327 g/mol. The van der Waals surface area contributed by atoms with E-state index < -0.39 is 0 Å². The number of hydrogen-bond acceptors (Lipinski definition) is 6. The molecule has 0 saturated heterocycles. The standard InChI is InChI=1S/C17H25N7/c1-13(18)7-8-16(19)24-15(14-6-3-4-10-21-14)12-17(23-24)22-11-5-9-20-2/h3-4,6-8,10,12,20H,5,9,11,18-19H2,1-2H3,(H,22,23)/b13-7-,16-8+. The summed E-state index contributed by atoms with van der Waals surface area (Å²) in [6.45, 7) is 3.58. The monoisotopic (exact) mass is 327 g/mol. The van der Waals surface area contributed by atoms with E-state index in [1.54, 1.807) is 30.0 Å². The quantitative estimate of drug-likeness (QED) is 0.433. The number of nitrogens with zero attached hydrogens (tertiary/aromatic N) is 3. The molecule has 0 radical (unpaired) electrons. The molecule has 0 amide bonds. The molecule has 6 N–H and O–H groups in total. The Bertz CT molecular complexity index is 697. The molecule has 2 rings (SSSR count). The van der Waals surface area contributed by atoms with E-state index in [0.717, 1.165) is 36.7 Å². The summed E-state index contributed by atoms with van der Waals surface area (Å²) in [6.07, 6.45) is 6.23. The lowest BCUT2D eigenvalue weighted by Gasteiger charge is -2.06. The van der Waals surface area contributed by atoms with Crippen molar-refractivity contribution in [3.8, 4) is 11.4 Å². The molecule has 0 fully saturated rings. The molecular formula is C17H25N7. The van der Waals surface area contributed by atoms with Gasteiger partial charge in [-0.1, -0.05) is 6.07 Å². The molecular weight excluding hydrogens is 302 g/mol. The maximum Gasteiger partial charge on any atom is 0.149 e. The minimum Gasteiger partial charge on any atom is -0.402 e. The summed E-state index contributed by atoms with van der Waals surface area (Å²) in [5.41, 5.74) is 14.1. The Morgan fingerprint density at radius 3 is 2.75 bits per heavy atom. The fraction of sp³-hybridized carbons (Fsp3) is 0.294. The van der Waals surface area contributed by atoms with Gasteiger partial charge in [0.1, 0.15) is 11.6 Å². The molecule has 7 nitrogen and oxygen atoms in total. The Hall–Kier alpha value is -2.80. The van der Waals surface area contributed by atoms with Crippen LogP contribution < -0.4 is 22.1 Å². The molecule has 0 saturated carbocycles. The number of rotatable bonds is 8. The van der Waals surface area contributed by atoms with E-state index in [2.05, 4.69) is 20.7 Å². The number of hydrogen-bond donors (Lipinski definition) is 4. The molecule has 0 bridgehead atoms. The Morgan fingerprint density at radius 2 is 2.08 bits per heavy atom. The highest BCUT2D eigenvalue weighted by Crippen LogP contribution is 2.22. The molecule has 7 heteroatoms. The first-order chi connectivity index (χ1) is 11.6. The van der Waals surface area contributed by atoms with Crippen molar-refractivity contribution in [3.05, 3.63) is 48.3 Å². The Kier molecular flexibility index (Phi) is 6.39. The highest BCUT2D eigenvalue weighted by Gasteiger charge is 2.12. The number of nitrogens with two attached hydrogens (primary N) is 2. The lowest BCUT2D eigenvalue weighted by atomic mass is 10.2. The predicted molar refractivity (Wildman–Crippen MR) is 98.9 cm³/mol. The van der Waals surface area contributed by atoms with Crippen molar-refractivity contribution >= 4 is 11.6 Å². The normalized spacial score (nSPS) is 12.4. The molecule has 0 aliphatic rings. The predicted octanol–water partition coefficient (Wildman–Crippen LogP) is 1.59. The van der Waals surface area contributed by atoms with Crippen molar-refractivity contribution in [1.29, 1.82) is 0 Å². The second kappa shape index (κ2) is 8.73. The van der Waals surface area contributed by atoms with E-state index in [1.165, 1.54) is 0 Å². The van der Waals surface area contributed by atoms with Gasteiger partial charge in [-0.25, -0.2) is 4.68 Å². The third-order valence-corrected chi connectivity index (χ3v) is 3.31. The Labute approximate surface area is 142 Å². The zero-order chi connectivity index (χ0) is 17.4. The van der Waals surface area contributed by atoms with Gasteiger partial charge in [-0.3, -0.25) is 4.98 Å². The van der Waals surface area contributed by atoms with Gasteiger partial charge < -0.3 is 22.1 Å². The first-order valence-electron chi connectivity index (χ1n) is 7.91. The van der Waals surface area contributed by atoms with Crippen LogP contribution in [0.1, 0.15) is 13.3 Å². The molecule has 2 aromatic heterocycles. The van der Waals surface area contributed by atoms with Gasteiger partial charge in [0.2, 0.25) is 0 Å². The first-order valence-corrected chi connectivity index (χ1v) is 7.91. The summed E-state index contributed by atoms with van der Waals surface area (Å²) in [5.74, 6) is 1.24. The second-order valence-electron chi connectivity index (χ2n) is 5.43. The molecule has 0 aromatic carbocycles.